The first-order valence-corrected chi connectivity index (χ1v) is 6.63. The van der Waals surface area contributed by atoms with Crippen LogP contribution in [-0.2, 0) is 4.79 Å². The highest BCUT2D eigenvalue weighted by atomic mass is 35.5. The molecule has 2 atom stereocenters. The third kappa shape index (κ3) is 6.28. The molecule has 0 saturated carbocycles. The number of hydrogen-bond donors (Lipinski definition) is 2. The second-order valence-electron chi connectivity index (χ2n) is 3.92. The molecule has 1 amide bonds. The molecule has 15 heavy (non-hydrogen) atoms. The van der Waals surface area contributed by atoms with Crippen molar-refractivity contribution < 1.29 is 4.79 Å². The van der Waals surface area contributed by atoms with Crippen LogP contribution in [0.4, 0.5) is 0 Å². The minimum atomic E-state index is 0. The Labute approximate surface area is 103 Å². The molecule has 1 aliphatic rings. The summed E-state index contributed by atoms with van der Waals surface area (Å²) in [4.78, 5) is 11.5. The van der Waals surface area contributed by atoms with Crippen molar-refractivity contribution in [1.82, 2.24) is 10.6 Å². The fraction of sp³-hybridized carbons (Fsp3) is 0.900. The van der Waals surface area contributed by atoms with Crippen LogP contribution in [0.3, 0.4) is 0 Å². The molecule has 0 bridgehead atoms. The minimum absolute atomic E-state index is 0. The highest BCUT2D eigenvalue weighted by Gasteiger charge is 2.18. The Bertz CT molecular complexity index is 186. The average molecular weight is 253 g/mol. The molecule has 0 aromatic heterocycles. The zero-order valence-electron chi connectivity index (χ0n) is 9.41. The normalized spacial score (nSPS) is 21.9. The highest BCUT2D eigenvalue weighted by Crippen LogP contribution is 2.08. The van der Waals surface area contributed by atoms with Crippen LogP contribution in [0.15, 0.2) is 0 Å². The summed E-state index contributed by atoms with van der Waals surface area (Å²) < 4.78 is 0. The summed E-state index contributed by atoms with van der Waals surface area (Å²) >= 11 is 1.76. The Kier molecular flexibility index (Phi) is 8.29. The standard InChI is InChI=1S/C10H20N2OS.ClH/c1-8(7-14-2)12-10(13)6-9-4-3-5-11-9;/h8-9,11H,3-7H2,1-2H3,(H,12,13);1H. The van der Waals surface area contributed by atoms with E-state index in [4.69, 9.17) is 0 Å². The summed E-state index contributed by atoms with van der Waals surface area (Å²) in [6, 6.07) is 0.704. The lowest BCUT2D eigenvalue weighted by Gasteiger charge is -2.14. The SMILES string of the molecule is CSCC(C)NC(=O)CC1CCCN1.Cl. The van der Waals surface area contributed by atoms with E-state index in [1.807, 2.05) is 0 Å². The van der Waals surface area contributed by atoms with Crippen molar-refractivity contribution in [3.8, 4) is 0 Å². The first-order chi connectivity index (χ1) is 6.72. The third-order valence-corrected chi connectivity index (χ3v) is 3.25. The van der Waals surface area contributed by atoms with Gasteiger partial charge in [0.15, 0.2) is 0 Å². The molecule has 0 aliphatic carbocycles. The second kappa shape index (κ2) is 8.25. The van der Waals surface area contributed by atoms with Crippen molar-refractivity contribution in [2.45, 2.75) is 38.3 Å². The van der Waals surface area contributed by atoms with Gasteiger partial charge in [-0.15, -0.1) is 12.4 Å². The zero-order valence-corrected chi connectivity index (χ0v) is 11.0. The van der Waals surface area contributed by atoms with E-state index in [1.54, 1.807) is 11.8 Å². The number of hydrogen-bond acceptors (Lipinski definition) is 3. The van der Waals surface area contributed by atoms with Crippen LogP contribution in [-0.4, -0.2) is 36.5 Å². The fourth-order valence-electron chi connectivity index (χ4n) is 1.78. The number of carbonyl (C=O) groups excluding carboxylic acids is 1. The third-order valence-electron chi connectivity index (χ3n) is 2.42. The Hall–Kier alpha value is 0.0700. The van der Waals surface area contributed by atoms with Gasteiger partial charge < -0.3 is 10.6 Å². The lowest BCUT2D eigenvalue weighted by atomic mass is 10.1. The molecule has 1 saturated heterocycles. The summed E-state index contributed by atoms with van der Waals surface area (Å²) in [5.74, 6) is 1.18. The molecule has 3 nitrogen and oxygen atoms in total. The van der Waals surface area contributed by atoms with Gasteiger partial charge in [-0.3, -0.25) is 4.79 Å². The van der Waals surface area contributed by atoms with Crippen LogP contribution in [0.2, 0.25) is 0 Å². The summed E-state index contributed by atoms with van der Waals surface area (Å²) in [5, 5.41) is 6.33. The number of thioether (sulfide) groups is 1. The van der Waals surface area contributed by atoms with Crippen LogP contribution in [0.1, 0.15) is 26.2 Å². The molecular formula is C10H21ClN2OS. The Morgan fingerprint density at radius 2 is 2.40 bits per heavy atom. The van der Waals surface area contributed by atoms with E-state index >= 15 is 0 Å². The van der Waals surface area contributed by atoms with Crippen LogP contribution < -0.4 is 10.6 Å². The van der Waals surface area contributed by atoms with Crippen molar-refractivity contribution in [2.75, 3.05) is 18.6 Å². The van der Waals surface area contributed by atoms with Gasteiger partial charge in [-0.2, -0.15) is 11.8 Å². The van der Waals surface area contributed by atoms with Crippen LogP contribution in [0, 0.1) is 0 Å². The molecule has 90 valence electrons. The van der Waals surface area contributed by atoms with E-state index in [0.29, 0.717) is 18.5 Å². The lowest BCUT2D eigenvalue weighted by Crippen LogP contribution is -2.37. The monoisotopic (exact) mass is 252 g/mol. The fourth-order valence-corrected chi connectivity index (χ4v) is 2.36. The average Bonchev–Trinajstić information content (AvgIpc) is 2.56. The Balaban J connectivity index is 0.00000196. The molecule has 1 aliphatic heterocycles. The topological polar surface area (TPSA) is 41.1 Å². The second-order valence-corrected chi connectivity index (χ2v) is 4.83. The molecule has 0 aromatic carbocycles. The molecule has 2 N–H and O–H groups in total. The first-order valence-electron chi connectivity index (χ1n) is 5.24. The number of rotatable bonds is 5. The molecule has 1 heterocycles. The van der Waals surface area contributed by atoms with Gasteiger partial charge in [0.05, 0.1) is 0 Å². The van der Waals surface area contributed by atoms with E-state index in [-0.39, 0.29) is 18.3 Å². The van der Waals surface area contributed by atoms with Gasteiger partial charge in [0, 0.05) is 24.3 Å². The maximum Gasteiger partial charge on any atom is 0.221 e. The maximum atomic E-state index is 11.5. The van der Waals surface area contributed by atoms with Crippen molar-refractivity contribution in [3.05, 3.63) is 0 Å². The molecule has 5 heteroatoms. The van der Waals surface area contributed by atoms with Gasteiger partial charge in [0.25, 0.3) is 0 Å². The molecule has 1 rings (SSSR count). The molecule has 1 fully saturated rings. The maximum absolute atomic E-state index is 11.5. The van der Waals surface area contributed by atoms with Gasteiger partial charge in [-0.05, 0) is 32.6 Å². The number of nitrogens with one attached hydrogen (secondary N) is 2. The largest absolute Gasteiger partial charge is 0.353 e. The Morgan fingerprint density at radius 1 is 1.67 bits per heavy atom. The molecule has 0 spiro atoms. The van der Waals surface area contributed by atoms with E-state index in [2.05, 4.69) is 23.8 Å². The zero-order chi connectivity index (χ0) is 10.4. The predicted octanol–water partition coefficient (Wildman–Crippen LogP) is 1.42. The molecule has 0 radical (unpaired) electrons. The lowest BCUT2D eigenvalue weighted by molar-refractivity contribution is -0.121. The highest BCUT2D eigenvalue weighted by molar-refractivity contribution is 7.98. The minimum Gasteiger partial charge on any atom is -0.353 e. The number of amides is 1. The number of halogens is 1. The van der Waals surface area contributed by atoms with Gasteiger partial charge >= 0.3 is 0 Å². The van der Waals surface area contributed by atoms with Crippen molar-refractivity contribution in [2.24, 2.45) is 0 Å². The van der Waals surface area contributed by atoms with Gasteiger partial charge in [0.1, 0.15) is 0 Å². The van der Waals surface area contributed by atoms with Crippen molar-refractivity contribution in [3.63, 3.8) is 0 Å². The molecular weight excluding hydrogens is 232 g/mol. The van der Waals surface area contributed by atoms with E-state index < -0.39 is 0 Å². The molecule has 0 aromatic rings. The van der Waals surface area contributed by atoms with Crippen LogP contribution >= 0.6 is 24.2 Å². The van der Waals surface area contributed by atoms with Gasteiger partial charge in [-0.1, -0.05) is 0 Å². The van der Waals surface area contributed by atoms with Crippen LogP contribution in [0.5, 0.6) is 0 Å². The quantitative estimate of drug-likeness (QED) is 0.778. The van der Waals surface area contributed by atoms with E-state index in [0.717, 1.165) is 18.7 Å². The summed E-state index contributed by atoms with van der Waals surface area (Å²) in [6.45, 7) is 3.12. The van der Waals surface area contributed by atoms with Gasteiger partial charge in [0.2, 0.25) is 5.91 Å². The summed E-state index contributed by atoms with van der Waals surface area (Å²) in [5.41, 5.74) is 0. The molecule has 2 unspecified atom stereocenters. The predicted molar refractivity (Wildman–Crippen MR) is 68.9 cm³/mol. The number of carbonyl (C=O) groups is 1. The van der Waals surface area contributed by atoms with Crippen molar-refractivity contribution in [1.29, 1.82) is 0 Å². The Morgan fingerprint density at radius 3 is 2.93 bits per heavy atom. The smallest absolute Gasteiger partial charge is 0.221 e. The van der Waals surface area contributed by atoms with E-state index in [1.165, 1.54) is 6.42 Å². The summed E-state index contributed by atoms with van der Waals surface area (Å²) in [7, 11) is 0. The first kappa shape index (κ1) is 15.1. The summed E-state index contributed by atoms with van der Waals surface area (Å²) in [6.07, 6.45) is 5.04. The van der Waals surface area contributed by atoms with Crippen molar-refractivity contribution >= 4 is 30.1 Å². The van der Waals surface area contributed by atoms with Gasteiger partial charge in [-0.25, -0.2) is 0 Å². The van der Waals surface area contributed by atoms with E-state index in [9.17, 15) is 4.79 Å². The van der Waals surface area contributed by atoms with Crippen LogP contribution in [0.25, 0.3) is 0 Å².